The van der Waals surface area contributed by atoms with E-state index in [-0.39, 0.29) is 23.0 Å². The van der Waals surface area contributed by atoms with E-state index < -0.39 is 0 Å². The van der Waals surface area contributed by atoms with Crippen molar-refractivity contribution in [1.29, 1.82) is 0 Å². The molecule has 0 atom stereocenters. The zero-order valence-corrected chi connectivity index (χ0v) is 17.4. The van der Waals surface area contributed by atoms with E-state index in [1.807, 2.05) is 30.5 Å². The van der Waals surface area contributed by atoms with Crippen LogP contribution in [0.5, 0.6) is 0 Å². The Labute approximate surface area is 157 Å². The summed E-state index contributed by atoms with van der Waals surface area (Å²) in [6, 6.07) is 2.15. The molecule has 0 aromatic carbocycles. The van der Waals surface area contributed by atoms with Gasteiger partial charge in [0.25, 0.3) is 5.91 Å². The van der Waals surface area contributed by atoms with Gasteiger partial charge in [-0.2, -0.15) is 0 Å². The lowest BCUT2D eigenvalue weighted by molar-refractivity contribution is 0.0867. The van der Waals surface area contributed by atoms with E-state index >= 15 is 0 Å². The number of imidazole rings is 1. The second kappa shape index (κ2) is 6.09. The molecule has 1 aliphatic rings. The van der Waals surface area contributed by atoms with Crippen molar-refractivity contribution in [2.24, 2.45) is 0 Å². The van der Waals surface area contributed by atoms with Crippen LogP contribution in [0.25, 0.3) is 5.65 Å². The molecule has 136 valence electrons. The first kappa shape index (κ1) is 18.4. The molecular formula is C19H27BrN4O. The average molecular weight is 407 g/mol. The van der Waals surface area contributed by atoms with Crippen molar-refractivity contribution >= 4 is 27.5 Å². The van der Waals surface area contributed by atoms with Gasteiger partial charge in [0.05, 0.1) is 5.69 Å². The maximum absolute atomic E-state index is 13.0. The Kier molecular flexibility index (Phi) is 4.48. The molecule has 2 aromatic heterocycles. The Morgan fingerprint density at radius 1 is 1.28 bits per heavy atom. The van der Waals surface area contributed by atoms with Crippen molar-refractivity contribution in [1.82, 2.24) is 20.0 Å². The number of pyridine rings is 1. The minimum atomic E-state index is -0.0546. The zero-order valence-electron chi connectivity index (χ0n) is 15.8. The largest absolute Gasteiger partial charge is 0.348 e. The first-order chi connectivity index (χ1) is 11.5. The summed E-state index contributed by atoms with van der Waals surface area (Å²) < 4.78 is 2.83. The van der Waals surface area contributed by atoms with Gasteiger partial charge < -0.3 is 10.6 Å². The third-order valence-electron chi connectivity index (χ3n) is 4.79. The Bertz CT molecular complexity index is 822. The molecular weight excluding hydrogens is 380 g/mol. The van der Waals surface area contributed by atoms with Gasteiger partial charge in [-0.15, -0.1) is 0 Å². The molecule has 1 amide bonds. The quantitative estimate of drug-likeness (QED) is 0.797. The van der Waals surface area contributed by atoms with Crippen LogP contribution < -0.4 is 10.6 Å². The van der Waals surface area contributed by atoms with Gasteiger partial charge >= 0.3 is 0 Å². The minimum absolute atomic E-state index is 0.00611. The number of halogens is 1. The van der Waals surface area contributed by atoms with Gasteiger partial charge in [0, 0.05) is 27.8 Å². The van der Waals surface area contributed by atoms with Gasteiger partial charge in [0.15, 0.2) is 0 Å². The summed E-state index contributed by atoms with van der Waals surface area (Å²) in [4.78, 5) is 17.6. The molecule has 2 N–H and O–H groups in total. The Balaban J connectivity index is 1.92. The molecule has 1 saturated heterocycles. The number of fused-ring (bicyclic) bond motifs is 1. The van der Waals surface area contributed by atoms with Crippen molar-refractivity contribution in [2.45, 2.75) is 71.5 Å². The van der Waals surface area contributed by atoms with Crippen LogP contribution in [0.2, 0.25) is 0 Å². The van der Waals surface area contributed by atoms with Crippen LogP contribution in [0.3, 0.4) is 0 Å². The SMILES string of the molecule is Cc1nc2c(C)cc(Br)cn2c1C(=O)NC1CC(C)(C)NC(C)(C)C1. The summed E-state index contributed by atoms with van der Waals surface area (Å²) in [6.45, 7) is 12.7. The number of aryl methyl sites for hydroxylation is 2. The topological polar surface area (TPSA) is 58.4 Å². The minimum Gasteiger partial charge on any atom is -0.348 e. The third-order valence-corrected chi connectivity index (χ3v) is 5.22. The van der Waals surface area contributed by atoms with Crippen molar-refractivity contribution in [3.8, 4) is 0 Å². The molecule has 5 nitrogen and oxygen atoms in total. The van der Waals surface area contributed by atoms with E-state index in [4.69, 9.17) is 0 Å². The fraction of sp³-hybridized carbons (Fsp3) is 0.579. The van der Waals surface area contributed by atoms with E-state index in [2.05, 4.69) is 59.2 Å². The van der Waals surface area contributed by atoms with Crippen molar-refractivity contribution in [2.75, 3.05) is 0 Å². The lowest BCUT2D eigenvalue weighted by atomic mass is 9.79. The predicted molar refractivity (Wildman–Crippen MR) is 104 cm³/mol. The number of piperidine rings is 1. The van der Waals surface area contributed by atoms with Gasteiger partial charge in [0.2, 0.25) is 0 Å². The van der Waals surface area contributed by atoms with Crippen LogP contribution in [0.4, 0.5) is 0 Å². The van der Waals surface area contributed by atoms with Crippen LogP contribution in [-0.4, -0.2) is 32.4 Å². The maximum atomic E-state index is 13.0. The third kappa shape index (κ3) is 3.75. The molecule has 2 aromatic rings. The van der Waals surface area contributed by atoms with E-state index in [1.54, 1.807) is 0 Å². The zero-order chi connectivity index (χ0) is 18.6. The first-order valence-corrected chi connectivity index (χ1v) is 9.52. The molecule has 1 aliphatic heterocycles. The van der Waals surface area contributed by atoms with Crippen molar-refractivity contribution in [3.05, 3.63) is 33.7 Å². The number of amides is 1. The highest BCUT2D eigenvalue weighted by atomic mass is 79.9. The van der Waals surface area contributed by atoms with Crippen LogP contribution in [0, 0.1) is 13.8 Å². The number of rotatable bonds is 2. The van der Waals surface area contributed by atoms with Gasteiger partial charge in [0.1, 0.15) is 11.3 Å². The number of aromatic nitrogens is 2. The molecule has 0 spiro atoms. The number of hydrogen-bond acceptors (Lipinski definition) is 3. The summed E-state index contributed by atoms with van der Waals surface area (Å²) in [5, 5.41) is 6.90. The molecule has 0 saturated carbocycles. The highest BCUT2D eigenvalue weighted by Gasteiger charge is 2.38. The fourth-order valence-electron chi connectivity index (χ4n) is 4.33. The van der Waals surface area contributed by atoms with Crippen LogP contribution in [0.1, 0.15) is 62.3 Å². The molecule has 0 aliphatic carbocycles. The molecule has 1 fully saturated rings. The van der Waals surface area contributed by atoms with Crippen molar-refractivity contribution < 1.29 is 4.79 Å². The lowest BCUT2D eigenvalue weighted by Crippen LogP contribution is -2.62. The molecule has 0 bridgehead atoms. The molecule has 3 heterocycles. The van der Waals surface area contributed by atoms with Gasteiger partial charge in [-0.3, -0.25) is 9.20 Å². The summed E-state index contributed by atoms with van der Waals surface area (Å²) in [7, 11) is 0. The highest BCUT2D eigenvalue weighted by molar-refractivity contribution is 9.10. The lowest BCUT2D eigenvalue weighted by Gasteiger charge is -2.46. The van der Waals surface area contributed by atoms with E-state index in [0.29, 0.717) is 5.69 Å². The van der Waals surface area contributed by atoms with Crippen LogP contribution >= 0.6 is 15.9 Å². The number of nitrogens with one attached hydrogen (secondary N) is 2. The van der Waals surface area contributed by atoms with E-state index in [9.17, 15) is 4.79 Å². The second-order valence-corrected chi connectivity index (χ2v) is 9.47. The molecule has 0 unspecified atom stereocenters. The number of carbonyl (C=O) groups is 1. The number of hydrogen-bond donors (Lipinski definition) is 2. The summed E-state index contributed by atoms with van der Waals surface area (Å²) in [6.07, 6.45) is 3.72. The number of nitrogens with zero attached hydrogens (tertiary/aromatic N) is 2. The molecule has 0 radical (unpaired) electrons. The smallest absolute Gasteiger partial charge is 0.270 e. The second-order valence-electron chi connectivity index (χ2n) is 8.55. The Morgan fingerprint density at radius 2 is 1.88 bits per heavy atom. The standard InChI is InChI=1S/C19H27BrN4O/c1-11-7-13(20)10-24-15(12(2)21-16(11)24)17(25)22-14-8-18(3,4)23-19(5,6)9-14/h7,10,14,23H,8-9H2,1-6H3,(H,22,25). The van der Waals surface area contributed by atoms with Gasteiger partial charge in [-0.25, -0.2) is 4.98 Å². The summed E-state index contributed by atoms with van der Waals surface area (Å²) in [5.74, 6) is -0.0546. The predicted octanol–water partition coefficient (Wildman–Crippen LogP) is 3.75. The van der Waals surface area contributed by atoms with E-state index in [0.717, 1.165) is 34.2 Å². The van der Waals surface area contributed by atoms with Crippen LogP contribution in [-0.2, 0) is 0 Å². The molecule has 25 heavy (non-hydrogen) atoms. The van der Waals surface area contributed by atoms with Crippen LogP contribution in [0.15, 0.2) is 16.7 Å². The molecule has 6 heteroatoms. The number of carbonyl (C=O) groups excluding carboxylic acids is 1. The monoisotopic (exact) mass is 406 g/mol. The van der Waals surface area contributed by atoms with E-state index in [1.165, 1.54) is 0 Å². The highest BCUT2D eigenvalue weighted by Crippen LogP contribution is 2.29. The summed E-state index contributed by atoms with van der Waals surface area (Å²) in [5.41, 5.74) is 3.24. The fourth-order valence-corrected chi connectivity index (χ4v) is 4.88. The van der Waals surface area contributed by atoms with Gasteiger partial charge in [-0.05, 0) is 81.9 Å². The first-order valence-electron chi connectivity index (χ1n) is 8.72. The Hall–Kier alpha value is -1.40. The normalized spacial score (nSPS) is 20.0. The van der Waals surface area contributed by atoms with Gasteiger partial charge in [-0.1, -0.05) is 0 Å². The Morgan fingerprint density at radius 3 is 2.48 bits per heavy atom. The average Bonchev–Trinajstić information content (AvgIpc) is 2.71. The maximum Gasteiger partial charge on any atom is 0.270 e. The summed E-state index contributed by atoms with van der Waals surface area (Å²) >= 11 is 3.52. The molecule has 3 rings (SSSR count). The van der Waals surface area contributed by atoms with Crippen molar-refractivity contribution in [3.63, 3.8) is 0 Å².